The smallest absolute Gasteiger partial charge is 0.309 e. The van der Waals surface area contributed by atoms with Crippen molar-refractivity contribution < 1.29 is 34.4 Å². The van der Waals surface area contributed by atoms with Gasteiger partial charge in [0.2, 0.25) is 0 Å². The third-order valence-corrected chi connectivity index (χ3v) is 9.76. The van der Waals surface area contributed by atoms with Crippen LogP contribution in [0.15, 0.2) is 0 Å². The summed E-state index contributed by atoms with van der Waals surface area (Å²) in [5.41, 5.74) is 0. The highest BCUT2D eigenvalue weighted by Crippen LogP contribution is 2.21. The average molecular weight is 699 g/mol. The summed E-state index contributed by atoms with van der Waals surface area (Å²) < 4.78 is 10.8. The van der Waals surface area contributed by atoms with Crippen LogP contribution in [0.3, 0.4) is 0 Å². The second-order valence-corrected chi connectivity index (χ2v) is 15.7. The molecule has 0 spiro atoms. The first-order chi connectivity index (χ1) is 23.7. The Balaban J connectivity index is 4.03. The third kappa shape index (κ3) is 33.7. The van der Waals surface area contributed by atoms with E-state index in [9.17, 15) is 24.9 Å². The lowest BCUT2D eigenvalue weighted by atomic mass is 9.94. The van der Waals surface area contributed by atoms with E-state index in [1.807, 2.05) is 0 Å². The Bertz CT molecular complexity index is 726. The standard InChI is InChI=1S/C42H82O7/c1-36(2)28-24-20-16-12-8-5-6-11-15-19-23-27-31-41(46)48-35-40(34-44)49-42(47)38(32-39(45)33-43)30-26-22-18-14-10-7-9-13-17-21-25-29-37(3)4/h36-40,43-45H,5-35H2,1-4H3. The maximum absolute atomic E-state index is 12.9. The lowest BCUT2D eigenvalue weighted by Gasteiger charge is -2.22. The highest BCUT2D eigenvalue weighted by molar-refractivity contribution is 5.73. The van der Waals surface area contributed by atoms with E-state index < -0.39 is 37.3 Å². The number of carbonyl (C=O) groups excluding carboxylic acids is 2. The summed E-state index contributed by atoms with van der Waals surface area (Å²) in [6.45, 7) is 8.15. The monoisotopic (exact) mass is 699 g/mol. The first-order valence-corrected chi connectivity index (χ1v) is 20.9. The predicted molar refractivity (Wildman–Crippen MR) is 203 cm³/mol. The van der Waals surface area contributed by atoms with Crippen LogP contribution in [0.1, 0.15) is 207 Å². The zero-order valence-corrected chi connectivity index (χ0v) is 32.8. The fourth-order valence-corrected chi connectivity index (χ4v) is 6.50. The molecule has 292 valence electrons. The summed E-state index contributed by atoms with van der Waals surface area (Å²) >= 11 is 0. The zero-order valence-electron chi connectivity index (χ0n) is 32.8. The van der Waals surface area contributed by atoms with Crippen LogP contribution in [-0.2, 0) is 19.1 Å². The number of aliphatic hydroxyl groups is 3. The quantitative estimate of drug-likeness (QED) is 0.0437. The van der Waals surface area contributed by atoms with Crippen LogP contribution in [0.2, 0.25) is 0 Å². The number of aliphatic hydroxyl groups excluding tert-OH is 3. The Morgan fingerprint density at radius 3 is 1.24 bits per heavy atom. The summed E-state index contributed by atoms with van der Waals surface area (Å²) in [5, 5.41) is 29.1. The van der Waals surface area contributed by atoms with Gasteiger partial charge in [0.1, 0.15) is 6.61 Å². The molecular weight excluding hydrogens is 616 g/mol. The molecule has 0 aliphatic carbocycles. The number of hydrogen-bond acceptors (Lipinski definition) is 7. The number of hydrogen-bond donors (Lipinski definition) is 3. The molecule has 3 unspecified atom stereocenters. The van der Waals surface area contributed by atoms with Crippen LogP contribution in [0.4, 0.5) is 0 Å². The molecule has 0 aromatic heterocycles. The van der Waals surface area contributed by atoms with Gasteiger partial charge in [-0.15, -0.1) is 0 Å². The number of esters is 2. The normalized spacial score (nSPS) is 13.6. The summed E-state index contributed by atoms with van der Waals surface area (Å²) in [4.78, 5) is 25.2. The molecule has 0 saturated carbocycles. The summed E-state index contributed by atoms with van der Waals surface area (Å²) in [5.74, 6) is 0.220. The van der Waals surface area contributed by atoms with E-state index in [-0.39, 0.29) is 19.0 Å². The molecule has 0 aromatic rings. The number of rotatable bonds is 37. The predicted octanol–water partition coefficient (Wildman–Crippen LogP) is 10.6. The van der Waals surface area contributed by atoms with Crippen LogP contribution in [0.25, 0.3) is 0 Å². The summed E-state index contributed by atoms with van der Waals surface area (Å²) in [6.07, 6.45) is 30.0. The van der Waals surface area contributed by atoms with Gasteiger partial charge in [-0.3, -0.25) is 9.59 Å². The largest absolute Gasteiger partial charge is 0.462 e. The van der Waals surface area contributed by atoms with Gasteiger partial charge in [-0.25, -0.2) is 0 Å². The molecule has 0 aromatic carbocycles. The zero-order chi connectivity index (χ0) is 36.4. The minimum Gasteiger partial charge on any atom is -0.462 e. The number of unbranched alkanes of at least 4 members (excludes halogenated alkanes) is 21. The van der Waals surface area contributed by atoms with Crippen molar-refractivity contribution in [3.8, 4) is 0 Å². The molecule has 7 heteroatoms. The van der Waals surface area contributed by atoms with Crippen LogP contribution >= 0.6 is 0 Å². The van der Waals surface area contributed by atoms with Gasteiger partial charge in [0, 0.05) is 6.42 Å². The van der Waals surface area contributed by atoms with Gasteiger partial charge in [-0.05, 0) is 31.1 Å². The first kappa shape index (κ1) is 47.8. The van der Waals surface area contributed by atoms with Gasteiger partial charge in [0.05, 0.1) is 25.2 Å². The van der Waals surface area contributed by atoms with Gasteiger partial charge in [-0.2, -0.15) is 0 Å². The molecule has 0 radical (unpaired) electrons. The molecule has 0 fully saturated rings. The lowest BCUT2D eigenvalue weighted by Crippen LogP contribution is -2.33. The molecule has 3 N–H and O–H groups in total. The highest BCUT2D eigenvalue weighted by Gasteiger charge is 2.26. The average Bonchev–Trinajstić information content (AvgIpc) is 3.07. The first-order valence-electron chi connectivity index (χ1n) is 20.9. The van der Waals surface area contributed by atoms with Crippen LogP contribution < -0.4 is 0 Å². The fraction of sp³-hybridized carbons (Fsp3) is 0.952. The Kier molecular flexibility index (Phi) is 34.4. The summed E-state index contributed by atoms with van der Waals surface area (Å²) in [7, 11) is 0. The molecular formula is C42H82O7. The molecule has 0 heterocycles. The van der Waals surface area contributed by atoms with Crippen LogP contribution in [0.5, 0.6) is 0 Å². The van der Waals surface area contributed by atoms with Crippen molar-refractivity contribution in [3.05, 3.63) is 0 Å². The van der Waals surface area contributed by atoms with Crippen LogP contribution in [-0.4, -0.2) is 59.3 Å². The van der Waals surface area contributed by atoms with E-state index in [0.29, 0.717) is 12.8 Å². The Morgan fingerprint density at radius 1 is 0.510 bits per heavy atom. The highest BCUT2D eigenvalue weighted by atomic mass is 16.6. The minimum atomic E-state index is -0.998. The van der Waals surface area contributed by atoms with Crippen molar-refractivity contribution in [2.45, 2.75) is 220 Å². The van der Waals surface area contributed by atoms with E-state index in [2.05, 4.69) is 27.7 Å². The number of ether oxygens (including phenoxy) is 2. The van der Waals surface area contributed by atoms with E-state index >= 15 is 0 Å². The molecule has 7 nitrogen and oxygen atoms in total. The number of carbonyl (C=O) groups is 2. The molecule has 0 saturated heterocycles. The van der Waals surface area contributed by atoms with Crippen molar-refractivity contribution in [3.63, 3.8) is 0 Å². The molecule has 3 atom stereocenters. The van der Waals surface area contributed by atoms with Crippen molar-refractivity contribution in [1.82, 2.24) is 0 Å². The van der Waals surface area contributed by atoms with Crippen molar-refractivity contribution in [2.24, 2.45) is 17.8 Å². The van der Waals surface area contributed by atoms with Crippen molar-refractivity contribution in [1.29, 1.82) is 0 Å². The molecule has 0 aliphatic rings. The van der Waals surface area contributed by atoms with Crippen LogP contribution in [0, 0.1) is 17.8 Å². The summed E-state index contributed by atoms with van der Waals surface area (Å²) in [6, 6.07) is 0. The van der Waals surface area contributed by atoms with Gasteiger partial charge in [0.15, 0.2) is 6.10 Å². The molecule has 49 heavy (non-hydrogen) atoms. The third-order valence-electron chi connectivity index (χ3n) is 9.76. The lowest BCUT2D eigenvalue weighted by molar-refractivity contribution is -0.166. The van der Waals surface area contributed by atoms with Gasteiger partial charge in [-0.1, -0.05) is 182 Å². The maximum atomic E-state index is 12.9. The van der Waals surface area contributed by atoms with Gasteiger partial charge >= 0.3 is 11.9 Å². The molecule has 0 amide bonds. The van der Waals surface area contributed by atoms with Gasteiger partial charge in [0.25, 0.3) is 0 Å². The Hall–Kier alpha value is -1.18. The Labute approximate surface area is 303 Å². The molecule has 0 rings (SSSR count). The fourth-order valence-electron chi connectivity index (χ4n) is 6.50. The minimum absolute atomic E-state index is 0.114. The van der Waals surface area contributed by atoms with E-state index in [4.69, 9.17) is 9.47 Å². The van der Waals surface area contributed by atoms with Crippen molar-refractivity contribution in [2.75, 3.05) is 19.8 Å². The van der Waals surface area contributed by atoms with Gasteiger partial charge < -0.3 is 24.8 Å². The Morgan fingerprint density at radius 2 is 0.878 bits per heavy atom. The van der Waals surface area contributed by atoms with E-state index in [1.54, 1.807) is 0 Å². The second-order valence-electron chi connectivity index (χ2n) is 15.7. The second kappa shape index (κ2) is 35.2. The molecule has 0 bridgehead atoms. The topological polar surface area (TPSA) is 113 Å². The van der Waals surface area contributed by atoms with E-state index in [0.717, 1.165) is 50.4 Å². The SMILES string of the molecule is CC(C)CCCCCCCCCCCCCCC(=O)OCC(CO)OC(=O)C(CCCCCCCCCCCCCC(C)C)CC(O)CO. The van der Waals surface area contributed by atoms with Crippen molar-refractivity contribution >= 4 is 11.9 Å². The van der Waals surface area contributed by atoms with E-state index in [1.165, 1.54) is 122 Å². The maximum Gasteiger partial charge on any atom is 0.309 e. The molecule has 0 aliphatic heterocycles.